The van der Waals surface area contributed by atoms with Gasteiger partial charge in [0.05, 0.1) is 18.1 Å². The van der Waals surface area contributed by atoms with Gasteiger partial charge in [-0.25, -0.2) is 0 Å². The number of anilines is 2. The van der Waals surface area contributed by atoms with Crippen molar-refractivity contribution >= 4 is 17.1 Å². The van der Waals surface area contributed by atoms with Crippen LogP contribution in [0.4, 0.5) is 17.1 Å². The van der Waals surface area contributed by atoms with Gasteiger partial charge in [-0.3, -0.25) is 10.1 Å². The topological polar surface area (TPSA) is 67.6 Å². The van der Waals surface area contributed by atoms with Crippen LogP contribution in [0.15, 0.2) is 48.5 Å². The van der Waals surface area contributed by atoms with Crippen molar-refractivity contribution in [1.82, 2.24) is 0 Å². The lowest BCUT2D eigenvalue weighted by Gasteiger charge is -2.29. The molecule has 0 bridgehead atoms. The summed E-state index contributed by atoms with van der Waals surface area (Å²) < 4.78 is 5.36. The average molecular weight is 327 g/mol. The molecule has 1 fully saturated rings. The third kappa shape index (κ3) is 4.02. The second kappa shape index (κ2) is 7.79. The maximum absolute atomic E-state index is 11.3. The molecule has 0 aliphatic carbocycles. The fraction of sp³-hybridized carbons (Fsp3) is 0.333. The predicted octanol–water partition coefficient (Wildman–Crippen LogP) is 3.09. The van der Waals surface area contributed by atoms with E-state index in [1.165, 1.54) is 5.56 Å². The van der Waals surface area contributed by atoms with Gasteiger partial charge in [0.25, 0.3) is 5.69 Å². The summed E-state index contributed by atoms with van der Waals surface area (Å²) in [5, 5.41) is 14.5. The summed E-state index contributed by atoms with van der Waals surface area (Å²) in [5.74, 6) is 0. The van der Waals surface area contributed by atoms with Crippen molar-refractivity contribution in [2.75, 3.05) is 43.1 Å². The van der Waals surface area contributed by atoms with E-state index in [4.69, 9.17) is 4.74 Å². The molecule has 0 aromatic heterocycles. The number of nitro benzene ring substituents is 1. The molecule has 0 spiro atoms. The van der Waals surface area contributed by atoms with Crippen molar-refractivity contribution in [3.05, 3.63) is 64.2 Å². The summed E-state index contributed by atoms with van der Waals surface area (Å²) in [6.45, 7) is 3.64. The van der Waals surface area contributed by atoms with Crippen LogP contribution in [0, 0.1) is 10.1 Å². The summed E-state index contributed by atoms with van der Waals surface area (Å²) in [5.41, 5.74) is 2.88. The van der Waals surface area contributed by atoms with Gasteiger partial charge in [-0.05, 0) is 24.1 Å². The highest BCUT2D eigenvalue weighted by Gasteiger charge is 2.17. The maximum Gasteiger partial charge on any atom is 0.292 e. The Morgan fingerprint density at radius 1 is 1.12 bits per heavy atom. The largest absolute Gasteiger partial charge is 0.379 e. The van der Waals surface area contributed by atoms with Gasteiger partial charge >= 0.3 is 0 Å². The molecule has 0 radical (unpaired) electrons. The van der Waals surface area contributed by atoms with E-state index in [1.807, 2.05) is 30.3 Å². The van der Waals surface area contributed by atoms with E-state index in [0.29, 0.717) is 25.4 Å². The van der Waals surface area contributed by atoms with E-state index in [9.17, 15) is 10.1 Å². The first kappa shape index (κ1) is 16.3. The van der Waals surface area contributed by atoms with E-state index < -0.39 is 0 Å². The second-order valence-electron chi connectivity index (χ2n) is 5.72. The first-order chi connectivity index (χ1) is 11.7. The summed E-state index contributed by atoms with van der Waals surface area (Å²) in [6, 6.07) is 15.3. The van der Waals surface area contributed by atoms with Crippen molar-refractivity contribution in [2.24, 2.45) is 0 Å². The van der Waals surface area contributed by atoms with E-state index in [1.54, 1.807) is 6.07 Å². The minimum atomic E-state index is -0.339. The molecule has 6 heteroatoms. The zero-order chi connectivity index (χ0) is 16.8. The molecule has 0 atom stereocenters. The first-order valence-corrected chi connectivity index (χ1v) is 8.13. The molecule has 126 valence electrons. The fourth-order valence-electron chi connectivity index (χ4n) is 2.83. The van der Waals surface area contributed by atoms with Gasteiger partial charge in [-0.2, -0.15) is 0 Å². The van der Waals surface area contributed by atoms with Crippen LogP contribution >= 0.6 is 0 Å². The quantitative estimate of drug-likeness (QED) is 0.652. The molecule has 2 aromatic rings. The summed E-state index contributed by atoms with van der Waals surface area (Å²) in [7, 11) is 0. The van der Waals surface area contributed by atoms with Crippen LogP contribution in [0.5, 0.6) is 0 Å². The van der Waals surface area contributed by atoms with Gasteiger partial charge in [-0.15, -0.1) is 0 Å². The van der Waals surface area contributed by atoms with E-state index in [-0.39, 0.29) is 10.6 Å². The Balaban J connectivity index is 1.72. The predicted molar refractivity (Wildman–Crippen MR) is 94.8 cm³/mol. The molecule has 1 saturated heterocycles. The van der Waals surface area contributed by atoms with Gasteiger partial charge in [-0.1, -0.05) is 30.3 Å². The van der Waals surface area contributed by atoms with Crippen molar-refractivity contribution in [2.45, 2.75) is 6.42 Å². The van der Waals surface area contributed by atoms with Crippen molar-refractivity contribution < 1.29 is 9.66 Å². The molecule has 0 unspecified atom stereocenters. The summed E-state index contributed by atoms with van der Waals surface area (Å²) in [4.78, 5) is 13.1. The van der Waals surface area contributed by atoms with Gasteiger partial charge in [0, 0.05) is 31.4 Å². The van der Waals surface area contributed by atoms with Crippen LogP contribution in [0.25, 0.3) is 0 Å². The molecule has 6 nitrogen and oxygen atoms in total. The first-order valence-electron chi connectivity index (χ1n) is 8.13. The molecule has 0 amide bonds. The Labute approximate surface area is 141 Å². The number of hydrogen-bond donors (Lipinski definition) is 1. The lowest BCUT2D eigenvalue weighted by molar-refractivity contribution is -0.383. The Morgan fingerprint density at radius 3 is 2.58 bits per heavy atom. The standard InChI is InChI=1S/C18H21N3O3/c22-21(23)18-7-6-16(20-10-12-24-13-11-20)14-17(18)19-9-8-15-4-2-1-3-5-15/h1-7,14,19H,8-13H2. The second-order valence-corrected chi connectivity index (χ2v) is 5.72. The molecular weight excluding hydrogens is 306 g/mol. The molecule has 1 aliphatic heterocycles. The van der Waals surface area contributed by atoms with E-state index in [2.05, 4.69) is 22.3 Å². The monoisotopic (exact) mass is 327 g/mol. The normalized spacial score (nSPS) is 14.4. The lowest BCUT2D eigenvalue weighted by Crippen LogP contribution is -2.36. The zero-order valence-electron chi connectivity index (χ0n) is 13.5. The molecule has 1 heterocycles. The smallest absolute Gasteiger partial charge is 0.292 e. The molecule has 0 saturated carbocycles. The van der Waals surface area contributed by atoms with Gasteiger partial charge in [0.1, 0.15) is 5.69 Å². The lowest BCUT2D eigenvalue weighted by atomic mass is 10.1. The van der Waals surface area contributed by atoms with Crippen molar-refractivity contribution in [3.63, 3.8) is 0 Å². The molecule has 24 heavy (non-hydrogen) atoms. The highest BCUT2D eigenvalue weighted by molar-refractivity contribution is 5.69. The third-order valence-corrected chi connectivity index (χ3v) is 4.13. The summed E-state index contributed by atoms with van der Waals surface area (Å²) >= 11 is 0. The number of ether oxygens (including phenoxy) is 1. The van der Waals surface area contributed by atoms with Crippen LogP contribution in [-0.2, 0) is 11.2 Å². The molecular formula is C18H21N3O3. The van der Waals surface area contributed by atoms with Crippen LogP contribution in [-0.4, -0.2) is 37.8 Å². The highest BCUT2D eigenvalue weighted by atomic mass is 16.6. The van der Waals surface area contributed by atoms with Crippen molar-refractivity contribution in [3.8, 4) is 0 Å². The Bertz CT molecular complexity index is 685. The fourth-order valence-corrected chi connectivity index (χ4v) is 2.83. The SMILES string of the molecule is O=[N+]([O-])c1ccc(N2CCOCC2)cc1NCCc1ccccc1. The Kier molecular flexibility index (Phi) is 5.28. The number of morpholine rings is 1. The maximum atomic E-state index is 11.3. The van der Waals surface area contributed by atoms with Crippen molar-refractivity contribution in [1.29, 1.82) is 0 Å². The van der Waals surface area contributed by atoms with Crippen LogP contribution in [0.3, 0.4) is 0 Å². The third-order valence-electron chi connectivity index (χ3n) is 4.13. The van der Waals surface area contributed by atoms with Gasteiger partial charge in [0.15, 0.2) is 0 Å². The Hall–Kier alpha value is -2.60. The molecule has 2 aromatic carbocycles. The van der Waals surface area contributed by atoms with E-state index in [0.717, 1.165) is 25.2 Å². The van der Waals surface area contributed by atoms with Crippen LogP contribution in [0.1, 0.15) is 5.56 Å². The number of benzene rings is 2. The summed E-state index contributed by atoms with van der Waals surface area (Å²) in [6.07, 6.45) is 0.819. The molecule has 1 N–H and O–H groups in total. The highest BCUT2D eigenvalue weighted by Crippen LogP contribution is 2.30. The number of nitrogens with zero attached hydrogens (tertiary/aromatic N) is 2. The Morgan fingerprint density at radius 2 is 1.88 bits per heavy atom. The minimum Gasteiger partial charge on any atom is -0.379 e. The number of hydrogen-bond acceptors (Lipinski definition) is 5. The van der Waals surface area contributed by atoms with Gasteiger partial charge < -0.3 is 15.0 Å². The van der Waals surface area contributed by atoms with Crippen LogP contribution < -0.4 is 10.2 Å². The number of rotatable bonds is 6. The minimum absolute atomic E-state index is 0.111. The van der Waals surface area contributed by atoms with Gasteiger partial charge in [0.2, 0.25) is 0 Å². The van der Waals surface area contributed by atoms with E-state index >= 15 is 0 Å². The van der Waals surface area contributed by atoms with Crippen LogP contribution in [0.2, 0.25) is 0 Å². The zero-order valence-corrected chi connectivity index (χ0v) is 13.5. The molecule has 3 rings (SSSR count). The molecule has 1 aliphatic rings. The number of nitro groups is 1. The number of nitrogens with one attached hydrogen (secondary N) is 1. The average Bonchev–Trinajstić information content (AvgIpc) is 2.63.